The summed E-state index contributed by atoms with van der Waals surface area (Å²) in [5.74, 6) is 0. The van der Waals surface area contributed by atoms with E-state index in [4.69, 9.17) is 0 Å². The lowest BCUT2D eigenvalue weighted by Gasteiger charge is -2.27. The predicted octanol–water partition coefficient (Wildman–Crippen LogP) is 20.4. The topological polar surface area (TPSA) is 16.3 Å². The highest BCUT2D eigenvalue weighted by Gasteiger charge is 2.20. The van der Waals surface area contributed by atoms with E-state index in [1.807, 2.05) is 0 Å². The van der Waals surface area contributed by atoms with Gasteiger partial charge in [0.15, 0.2) is 0 Å². The lowest BCUT2D eigenvalue weighted by molar-refractivity contribution is 1.18. The monoisotopic (exact) mass is 998 g/mol. The molecule has 0 amide bonds. The van der Waals surface area contributed by atoms with Crippen LogP contribution in [0.2, 0.25) is 0 Å². The normalized spacial score (nSPS) is 11.5. The summed E-state index contributed by atoms with van der Waals surface area (Å²) >= 11 is 0. The number of fused-ring (bicyclic) bond motifs is 6. The number of para-hydroxylation sites is 4. The van der Waals surface area contributed by atoms with E-state index in [1.165, 1.54) is 77.0 Å². The minimum Gasteiger partial charge on any atom is -0.310 e. The molecule has 4 heteroatoms. The smallest absolute Gasteiger partial charge is 0.0542 e. The minimum absolute atomic E-state index is 1.08. The molecule has 370 valence electrons. The molecule has 0 aliphatic heterocycles. The first-order chi connectivity index (χ1) is 38.5. The Morgan fingerprint density at radius 3 is 0.795 bits per heavy atom. The number of aryl methyl sites for hydroxylation is 2. The zero-order valence-corrected chi connectivity index (χ0v) is 43.5. The summed E-state index contributed by atoms with van der Waals surface area (Å²) in [6, 6.07) is 106. The van der Waals surface area contributed by atoms with Gasteiger partial charge in [-0.25, -0.2) is 0 Å². The van der Waals surface area contributed by atoms with Crippen molar-refractivity contribution in [1.82, 2.24) is 9.13 Å². The molecule has 0 aliphatic carbocycles. The fourth-order valence-electron chi connectivity index (χ4n) is 11.5. The van der Waals surface area contributed by atoms with Gasteiger partial charge in [0.2, 0.25) is 0 Å². The largest absolute Gasteiger partial charge is 0.310 e. The molecule has 0 aliphatic rings. The van der Waals surface area contributed by atoms with Crippen LogP contribution in [0.4, 0.5) is 34.1 Å². The van der Waals surface area contributed by atoms with E-state index in [1.54, 1.807) is 0 Å². The molecule has 14 rings (SSSR count). The van der Waals surface area contributed by atoms with Crippen LogP contribution in [0.15, 0.2) is 291 Å². The summed E-state index contributed by atoms with van der Waals surface area (Å²) < 4.78 is 4.75. The zero-order chi connectivity index (χ0) is 52.1. The van der Waals surface area contributed by atoms with Gasteiger partial charge in [0, 0.05) is 67.0 Å². The van der Waals surface area contributed by atoms with E-state index in [0.29, 0.717) is 0 Å². The summed E-state index contributed by atoms with van der Waals surface area (Å²) in [6.45, 7) is 4.27. The number of rotatable bonds is 11. The number of anilines is 6. The number of hydrogen-bond acceptors (Lipinski definition) is 2. The van der Waals surface area contributed by atoms with Crippen LogP contribution < -0.4 is 9.80 Å². The minimum atomic E-state index is 1.08. The summed E-state index contributed by atoms with van der Waals surface area (Å²) in [5.41, 5.74) is 23.1. The average molecular weight is 999 g/mol. The van der Waals surface area contributed by atoms with Gasteiger partial charge in [-0.15, -0.1) is 0 Å². The van der Waals surface area contributed by atoms with Crippen molar-refractivity contribution in [1.29, 1.82) is 0 Å². The number of aromatic nitrogens is 2. The maximum absolute atomic E-state index is 2.38. The highest BCUT2D eigenvalue weighted by Crippen LogP contribution is 2.43. The van der Waals surface area contributed by atoms with Crippen molar-refractivity contribution in [3.05, 3.63) is 302 Å². The third-order valence-electron chi connectivity index (χ3n) is 15.5. The second kappa shape index (κ2) is 19.5. The van der Waals surface area contributed by atoms with Gasteiger partial charge in [0.1, 0.15) is 0 Å². The highest BCUT2D eigenvalue weighted by molar-refractivity contribution is 6.12. The Hall–Kier alpha value is -10.2. The summed E-state index contributed by atoms with van der Waals surface area (Å²) in [6.07, 6.45) is 0. The van der Waals surface area contributed by atoms with E-state index < -0.39 is 0 Å². The molecule has 0 fully saturated rings. The fourth-order valence-corrected chi connectivity index (χ4v) is 11.5. The molecule has 2 heterocycles. The van der Waals surface area contributed by atoms with Crippen molar-refractivity contribution in [3.63, 3.8) is 0 Å². The fraction of sp³-hybridized carbons (Fsp3) is 0.0270. The van der Waals surface area contributed by atoms with Crippen LogP contribution in [0.5, 0.6) is 0 Å². The number of nitrogens with zero attached hydrogens (tertiary/aromatic N) is 4. The Bertz CT molecular complexity index is 4150. The third kappa shape index (κ3) is 8.37. The second-order valence-electron chi connectivity index (χ2n) is 20.4. The highest BCUT2D eigenvalue weighted by atomic mass is 15.1. The van der Waals surface area contributed by atoms with Gasteiger partial charge in [0.25, 0.3) is 0 Å². The van der Waals surface area contributed by atoms with Crippen LogP contribution in [-0.4, -0.2) is 9.13 Å². The molecule has 0 saturated heterocycles. The van der Waals surface area contributed by atoms with Gasteiger partial charge in [-0.3, -0.25) is 0 Å². The summed E-state index contributed by atoms with van der Waals surface area (Å²) in [7, 11) is 0. The molecule has 14 aromatic rings. The molecule has 0 atom stereocenters. The van der Waals surface area contributed by atoms with Gasteiger partial charge < -0.3 is 18.9 Å². The molecule has 78 heavy (non-hydrogen) atoms. The van der Waals surface area contributed by atoms with Gasteiger partial charge >= 0.3 is 0 Å². The second-order valence-corrected chi connectivity index (χ2v) is 20.4. The van der Waals surface area contributed by atoms with E-state index in [-0.39, 0.29) is 0 Å². The molecule has 12 aromatic carbocycles. The molecule has 0 saturated carbocycles. The maximum atomic E-state index is 2.38. The van der Waals surface area contributed by atoms with Gasteiger partial charge in [-0.1, -0.05) is 181 Å². The molecule has 0 N–H and O–H groups in total. The standard InChI is InChI=1S/C74H54N4/c1-51-21-25-53(26-22-51)55-29-37-61(38-30-55)75(65-45-47-73-69(49-65)67-17-9-11-19-71(67)77(73)59-13-5-3-6-14-59)63-41-33-57(34-42-63)58-35-43-64(44-36-58)76(62-39-31-56(32-40-62)54-27-23-52(2)24-28-54)66-46-48-74-70(50-66)68-18-10-12-20-72(68)78(74)60-15-7-4-8-16-60/h3-50H,1-2H3. The van der Waals surface area contributed by atoms with E-state index in [2.05, 4.69) is 324 Å². The quantitative estimate of drug-likeness (QED) is 0.128. The molecule has 2 aromatic heterocycles. The van der Waals surface area contributed by atoms with Crippen molar-refractivity contribution in [2.75, 3.05) is 9.80 Å². The molecule has 0 radical (unpaired) electrons. The molecular formula is C74H54N4. The first-order valence-corrected chi connectivity index (χ1v) is 26.8. The van der Waals surface area contributed by atoms with E-state index in [9.17, 15) is 0 Å². The third-order valence-corrected chi connectivity index (χ3v) is 15.5. The van der Waals surface area contributed by atoms with Crippen LogP contribution in [0, 0.1) is 13.8 Å². The van der Waals surface area contributed by atoms with Crippen LogP contribution in [0.25, 0.3) is 88.4 Å². The van der Waals surface area contributed by atoms with Crippen molar-refractivity contribution in [3.8, 4) is 44.8 Å². The van der Waals surface area contributed by atoms with Crippen LogP contribution >= 0.6 is 0 Å². The molecule has 0 bridgehead atoms. The zero-order valence-electron chi connectivity index (χ0n) is 43.5. The van der Waals surface area contributed by atoms with Crippen LogP contribution in [0.3, 0.4) is 0 Å². The first kappa shape index (κ1) is 46.4. The van der Waals surface area contributed by atoms with Crippen molar-refractivity contribution in [2.45, 2.75) is 13.8 Å². The Balaban J connectivity index is 0.841. The Kier molecular flexibility index (Phi) is 11.6. The summed E-state index contributed by atoms with van der Waals surface area (Å²) in [5, 5.41) is 4.86. The van der Waals surface area contributed by atoms with Gasteiger partial charge in [-0.05, 0) is 169 Å². The molecule has 0 spiro atoms. The van der Waals surface area contributed by atoms with Crippen LogP contribution in [0.1, 0.15) is 11.1 Å². The van der Waals surface area contributed by atoms with Crippen molar-refractivity contribution < 1.29 is 0 Å². The van der Waals surface area contributed by atoms with Crippen molar-refractivity contribution in [2.24, 2.45) is 0 Å². The summed E-state index contributed by atoms with van der Waals surface area (Å²) in [4.78, 5) is 4.77. The van der Waals surface area contributed by atoms with E-state index in [0.717, 1.165) is 56.6 Å². The molecule has 4 nitrogen and oxygen atoms in total. The van der Waals surface area contributed by atoms with Crippen LogP contribution in [-0.2, 0) is 0 Å². The maximum Gasteiger partial charge on any atom is 0.0542 e. The number of hydrogen-bond donors (Lipinski definition) is 0. The van der Waals surface area contributed by atoms with Gasteiger partial charge in [-0.2, -0.15) is 0 Å². The Morgan fingerprint density at radius 1 is 0.218 bits per heavy atom. The number of benzene rings is 12. The van der Waals surface area contributed by atoms with Crippen molar-refractivity contribution >= 4 is 77.7 Å². The lowest BCUT2D eigenvalue weighted by atomic mass is 10.0. The van der Waals surface area contributed by atoms with Gasteiger partial charge in [0.05, 0.1) is 22.1 Å². The first-order valence-electron chi connectivity index (χ1n) is 26.8. The lowest BCUT2D eigenvalue weighted by Crippen LogP contribution is -2.10. The molecular weight excluding hydrogens is 945 g/mol. The Morgan fingerprint density at radius 2 is 0.474 bits per heavy atom. The SMILES string of the molecule is Cc1ccc(-c2ccc(N(c3ccc(-c4ccc(N(c5ccc(-c6ccc(C)cc6)cc5)c5ccc6c(c5)c5ccccc5n6-c5ccccc5)cc4)cc3)c3ccc4c(c3)c3ccccc3n4-c3ccccc3)cc2)cc1. The Labute approximate surface area is 455 Å². The average Bonchev–Trinajstić information content (AvgIpc) is 4.25. The van der Waals surface area contributed by atoms with E-state index >= 15 is 0 Å². The molecule has 0 unspecified atom stereocenters. The predicted molar refractivity (Wildman–Crippen MR) is 330 cm³/mol.